The van der Waals surface area contributed by atoms with E-state index in [1.54, 1.807) is 4.90 Å². The molecule has 0 fully saturated rings. The summed E-state index contributed by atoms with van der Waals surface area (Å²) in [5.74, 6) is 0.180. The maximum atomic E-state index is 11.6. The Kier molecular flexibility index (Phi) is 2.12. The Morgan fingerprint density at radius 3 is 2.36 bits per heavy atom. The summed E-state index contributed by atoms with van der Waals surface area (Å²) in [5.41, 5.74) is 2.12. The molecule has 1 aliphatic heterocycles. The van der Waals surface area contributed by atoms with E-state index < -0.39 is 0 Å². The number of rotatable bonds is 1. The van der Waals surface area contributed by atoms with Crippen molar-refractivity contribution in [2.75, 3.05) is 7.05 Å². The molecule has 1 aromatic rings. The number of benzene rings is 1. The van der Waals surface area contributed by atoms with Crippen LogP contribution in [0.5, 0.6) is 0 Å². The topological polar surface area (TPSA) is 20.3 Å². The van der Waals surface area contributed by atoms with Crippen LogP contribution in [0.25, 0.3) is 5.70 Å². The minimum atomic E-state index is 0.00945. The molecule has 1 heterocycles. The van der Waals surface area contributed by atoms with Crippen LogP contribution in [0.2, 0.25) is 0 Å². The van der Waals surface area contributed by atoms with E-state index in [9.17, 15) is 4.79 Å². The van der Waals surface area contributed by atoms with Crippen molar-refractivity contribution in [3.63, 3.8) is 0 Å². The van der Waals surface area contributed by atoms with Crippen LogP contribution in [-0.4, -0.2) is 17.9 Å². The minimum absolute atomic E-state index is 0.00945. The first-order valence-corrected chi connectivity index (χ1v) is 4.75. The first kappa shape index (κ1) is 9.00. The van der Waals surface area contributed by atoms with Gasteiger partial charge in [-0.3, -0.25) is 4.79 Å². The van der Waals surface area contributed by atoms with E-state index in [2.05, 4.69) is 0 Å². The van der Waals surface area contributed by atoms with Gasteiger partial charge in [-0.15, -0.1) is 0 Å². The van der Waals surface area contributed by atoms with E-state index in [-0.39, 0.29) is 11.8 Å². The van der Waals surface area contributed by atoms with Crippen molar-refractivity contribution >= 4 is 11.6 Å². The Labute approximate surface area is 83.8 Å². The molecule has 2 rings (SSSR count). The second kappa shape index (κ2) is 3.29. The second-order valence-electron chi connectivity index (χ2n) is 3.60. The predicted molar refractivity (Wildman–Crippen MR) is 56.4 cm³/mol. The second-order valence-corrected chi connectivity index (χ2v) is 3.60. The zero-order chi connectivity index (χ0) is 10.1. The quantitative estimate of drug-likeness (QED) is 0.659. The fourth-order valence-corrected chi connectivity index (χ4v) is 1.74. The molecule has 1 aromatic carbocycles. The monoisotopic (exact) mass is 187 g/mol. The fourth-order valence-electron chi connectivity index (χ4n) is 1.74. The van der Waals surface area contributed by atoms with E-state index in [1.807, 2.05) is 50.4 Å². The van der Waals surface area contributed by atoms with Crippen molar-refractivity contribution in [2.24, 2.45) is 5.92 Å². The van der Waals surface area contributed by atoms with Crippen LogP contribution in [0.4, 0.5) is 0 Å². The summed E-state index contributed by atoms with van der Waals surface area (Å²) in [5, 5.41) is 0. The molecular formula is C12H13NO. The Morgan fingerprint density at radius 1 is 1.21 bits per heavy atom. The largest absolute Gasteiger partial charge is 0.315 e. The molecule has 0 radical (unpaired) electrons. The van der Waals surface area contributed by atoms with Gasteiger partial charge >= 0.3 is 0 Å². The van der Waals surface area contributed by atoms with Crippen molar-refractivity contribution < 1.29 is 4.79 Å². The molecule has 0 saturated heterocycles. The lowest BCUT2D eigenvalue weighted by Gasteiger charge is -2.14. The molecule has 0 bridgehead atoms. The van der Waals surface area contributed by atoms with Gasteiger partial charge in [0.2, 0.25) is 5.91 Å². The minimum Gasteiger partial charge on any atom is -0.315 e. The smallest absolute Gasteiger partial charge is 0.233 e. The summed E-state index contributed by atoms with van der Waals surface area (Å²) in [6.07, 6.45) is 2.01. The molecule has 72 valence electrons. The average Bonchev–Trinajstić information content (AvgIpc) is 2.47. The number of nitrogens with zero attached hydrogens (tertiary/aromatic N) is 1. The highest BCUT2D eigenvalue weighted by molar-refractivity contribution is 5.94. The van der Waals surface area contributed by atoms with Gasteiger partial charge in [0.05, 0.1) is 5.92 Å². The molecular weight excluding hydrogens is 174 g/mol. The van der Waals surface area contributed by atoms with Crippen molar-refractivity contribution in [3.05, 3.63) is 42.0 Å². The fraction of sp³-hybridized carbons (Fsp3) is 0.250. The van der Waals surface area contributed by atoms with Gasteiger partial charge in [0, 0.05) is 12.7 Å². The number of carbonyl (C=O) groups is 1. The number of carbonyl (C=O) groups excluding carboxylic acids is 1. The highest BCUT2D eigenvalue weighted by atomic mass is 16.2. The number of amides is 1. The predicted octanol–water partition coefficient (Wildman–Crippen LogP) is 2.14. The van der Waals surface area contributed by atoms with Gasteiger partial charge in [0.15, 0.2) is 0 Å². The Morgan fingerprint density at radius 2 is 1.86 bits per heavy atom. The summed E-state index contributed by atoms with van der Waals surface area (Å²) in [6.45, 7) is 1.93. The molecule has 2 heteroatoms. The maximum absolute atomic E-state index is 11.6. The van der Waals surface area contributed by atoms with E-state index in [4.69, 9.17) is 0 Å². The maximum Gasteiger partial charge on any atom is 0.233 e. The van der Waals surface area contributed by atoms with E-state index in [0.29, 0.717) is 0 Å². The Hall–Kier alpha value is -1.57. The molecule has 0 aliphatic carbocycles. The Balaban J connectivity index is 2.38. The van der Waals surface area contributed by atoms with Crippen molar-refractivity contribution in [1.29, 1.82) is 0 Å². The normalized spacial score (nSPS) is 21.3. The van der Waals surface area contributed by atoms with Gasteiger partial charge in [0.25, 0.3) is 0 Å². The first-order valence-electron chi connectivity index (χ1n) is 4.75. The van der Waals surface area contributed by atoms with Gasteiger partial charge < -0.3 is 4.90 Å². The third-order valence-electron chi connectivity index (χ3n) is 2.56. The highest BCUT2D eigenvalue weighted by Crippen LogP contribution is 2.27. The number of hydrogen-bond donors (Lipinski definition) is 0. The molecule has 1 aliphatic rings. The molecule has 0 N–H and O–H groups in total. The van der Waals surface area contributed by atoms with E-state index >= 15 is 0 Å². The first-order chi connectivity index (χ1) is 6.70. The van der Waals surface area contributed by atoms with Crippen LogP contribution in [0.15, 0.2) is 36.4 Å². The molecule has 0 spiro atoms. The van der Waals surface area contributed by atoms with E-state index in [0.717, 1.165) is 11.3 Å². The van der Waals surface area contributed by atoms with Crippen LogP contribution in [0, 0.1) is 5.92 Å². The summed E-state index contributed by atoms with van der Waals surface area (Å²) >= 11 is 0. The molecule has 1 amide bonds. The number of hydrogen-bond acceptors (Lipinski definition) is 1. The average molecular weight is 187 g/mol. The molecule has 0 aromatic heterocycles. The lowest BCUT2D eigenvalue weighted by molar-refractivity contribution is -0.128. The van der Waals surface area contributed by atoms with Crippen LogP contribution in [0.3, 0.4) is 0 Å². The van der Waals surface area contributed by atoms with Gasteiger partial charge in [-0.1, -0.05) is 30.3 Å². The highest BCUT2D eigenvalue weighted by Gasteiger charge is 2.26. The molecule has 0 saturated carbocycles. The third kappa shape index (κ3) is 1.33. The SMILES string of the molecule is CC1C=C(c2ccccc2)N(C)C1=O. The van der Waals surface area contributed by atoms with Crippen molar-refractivity contribution in [3.8, 4) is 0 Å². The molecule has 14 heavy (non-hydrogen) atoms. The lowest BCUT2D eigenvalue weighted by atomic mass is 10.1. The van der Waals surface area contributed by atoms with Crippen molar-refractivity contribution in [2.45, 2.75) is 6.92 Å². The molecule has 2 nitrogen and oxygen atoms in total. The van der Waals surface area contributed by atoms with Crippen LogP contribution >= 0.6 is 0 Å². The van der Waals surface area contributed by atoms with Crippen molar-refractivity contribution in [1.82, 2.24) is 4.90 Å². The summed E-state index contributed by atoms with van der Waals surface area (Å²) in [6, 6.07) is 9.99. The van der Waals surface area contributed by atoms with Gasteiger partial charge in [-0.25, -0.2) is 0 Å². The molecule has 1 atom stereocenters. The van der Waals surface area contributed by atoms with E-state index in [1.165, 1.54) is 0 Å². The van der Waals surface area contributed by atoms with Crippen LogP contribution in [-0.2, 0) is 4.79 Å². The molecule has 1 unspecified atom stereocenters. The van der Waals surface area contributed by atoms with Crippen LogP contribution < -0.4 is 0 Å². The Bertz CT molecular complexity index is 381. The summed E-state index contributed by atoms with van der Waals surface area (Å²) in [7, 11) is 1.82. The van der Waals surface area contributed by atoms with Gasteiger partial charge in [-0.05, 0) is 18.6 Å². The summed E-state index contributed by atoms with van der Waals surface area (Å²) < 4.78 is 0. The third-order valence-corrected chi connectivity index (χ3v) is 2.56. The zero-order valence-corrected chi connectivity index (χ0v) is 8.40. The lowest BCUT2D eigenvalue weighted by Crippen LogP contribution is -2.22. The summed E-state index contributed by atoms with van der Waals surface area (Å²) in [4.78, 5) is 13.3. The van der Waals surface area contributed by atoms with Gasteiger partial charge in [0.1, 0.15) is 0 Å². The van der Waals surface area contributed by atoms with Crippen LogP contribution in [0.1, 0.15) is 12.5 Å². The zero-order valence-electron chi connectivity index (χ0n) is 8.40. The standard InChI is InChI=1S/C12H13NO/c1-9-8-11(13(2)12(9)14)10-6-4-3-5-7-10/h3-9H,1-2H3. The van der Waals surface area contributed by atoms with Gasteiger partial charge in [-0.2, -0.15) is 0 Å².